The van der Waals surface area contributed by atoms with Crippen LogP contribution in [0.3, 0.4) is 0 Å². The van der Waals surface area contributed by atoms with Crippen molar-refractivity contribution in [3.8, 4) is 0 Å². The minimum atomic E-state index is -4.83. The van der Waals surface area contributed by atoms with Crippen molar-refractivity contribution in [1.29, 1.82) is 0 Å². The number of esters is 1. The molecule has 3 aromatic rings. The quantitative estimate of drug-likeness (QED) is 0.586. The molecule has 2 heterocycles. The molecule has 0 spiro atoms. The van der Waals surface area contributed by atoms with Gasteiger partial charge >= 0.3 is 12.1 Å². The van der Waals surface area contributed by atoms with Crippen molar-refractivity contribution in [1.82, 2.24) is 0 Å². The first kappa shape index (κ1) is 21.2. The second kappa shape index (κ2) is 8.22. The smallest absolute Gasteiger partial charge is 0.418 e. The lowest BCUT2D eigenvalue weighted by Crippen LogP contribution is -2.38. The number of hydrogen-bond acceptors (Lipinski definition) is 5. The van der Waals surface area contributed by atoms with Crippen molar-refractivity contribution < 1.29 is 36.7 Å². The number of furan rings is 1. The first-order valence-corrected chi connectivity index (χ1v) is 9.38. The molecule has 32 heavy (non-hydrogen) atoms. The topological polar surface area (TPSA) is 97.6 Å². The number of anilines is 2. The van der Waals surface area contributed by atoms with Crippen LogP contribution in [-0.4, -0.2) is 23.9 Å². The highest BCUT2D eigenvalue weighted by atomic mass is 19.4. The van der Waals surface area contributed by atoms with Gasteiger partial charge in [-0.25, -0.2) is 4.79 Å². The molecule has 0 fully saturated rings. The number of nitrogens with one attached hydrogen (secondary N) is 2. The SMILES string of the molecule is O=C(Nc1ccc(NC(=O)C2Cc3ccccc3C(=O)O2)c(C(F)(F)F)c1)c1ccco1. The molecule has 0 saturated carbocycles. The molecule has 1 atom stereocenters. The van der Waals surface area contributed by atoms with Crippen LogP contribution in [0.5, 0.6) is 0 Å². The van der Waals surface area contributed by atoms with E-state index in [0.29, 0.717) is 17.2 Å². The Labute approximate surface area is 179 Å². The van der Waals surface area contributed by atoms with Gasteiger partial charge in [-0.05, 0) is 42.0 Å². The lowest BCUT2D eigenvalue weighted by molar-refractivity contribution is -0.137. The number of carbonyl (C=O) groups is 3. The summed E-state index contributed by atoms with van der Waals surface area (Å²) in [5, 5.41) is 4.48. The molecular formula is C22H15F3N2O5. The van der Waals surface area contributed by atoms with Gasteiger partial charge in [-0.3, -0.25) is 9.59 Å². The number of rotatable bonds is 4. The number of amides is 2. The summed E-state index contributed by atoms with van der Waals surface area (Å²) in [6.07, 6.45) is -4.82. The van der Waals surface area contributed by atoms with E-state index in [1.807, 2.05) is 0 Å². The van der Waals surface area contributed by atoms with Crippen molar-refractivity contribution in [2.45, 2.75) is 18.7 Å². The third-order valence-corrected chi connectivity index (χ3v) is 4.77. The number of halogens is 3. The molecule has 1 aromatic heterocycles. The van der Waals surface area contributed by atoms with Crippen LogP contribution in [0.1, 0.15) is 32.0 Å². The van der Waals surface area contributed by atoms with Crippen molar-refractivity contribution in [3.63, 3.8) is 0 Å². The third-order valence-electron chi connectivity index (χ3n) is 4.77. The van der Waals surface area contributed by atoms with Gasteiger partial charge < -0.3 is 19.8 Å². The molecule has 0 saturated heterocycles. The van der Waals surface area contributed by atoms with Gasteiger partial charge in [0.1, 0.15) is 0 Å². The number of alkyl halides is 3. The molecule has 0 aliphatic carbocycles. The number of fused-ring (bicyclic) bond motifs is 1. The van der Waals surface area contributed by atoms with Gasteiger partial charge in [0.15, 0.2) is 11.9 Å². The van der Waals surface area contributed by atoms with Crippen LogP contribution in [-0.2, 0) is 22.1 Å². The van der Waals surface area contributed by atoms with E-state index < -0.39 is 41.3 Å². The molecule has 1 aliphatic heterocycles. The van der Waals surface area contributed by atoms with Crippen molar-refractivity contribution in [2.24, 2.45) is 0 Å². The van der Waals surface area contributed by atoms with Gasteiger partial charge in [0.05, 0.1) is 23.1 Å². The summed E-state index contributed by atoms with van der Waals surface area (Å²) in [5.74, 6) is -2.42. The highest BCUT2D eigenvalue weighted by Gasteiger charge is 2.36. The fraction of sp³-hybridized carbons (Fsp3) is 0.136. The summed E-state index contributed by atoms with van der Waals surface area (Å²) in [6.45, 7) is 0. The van der Waals surface area contributed by atoms with Gasteiger partial charge in [0.25, 0.3) is 11.8 Å². The van der Waals surface area contributed by atoms with Gasteiger partial charge in [-0.15, -0.1) is 0 Å². The van der Waals surface area contributed by atoms with Crippen molar-refractivity contribution in [2.75, 3.05) is 10.6 Å². The van der Waals surface area contributed by atoms with Gasteiger partial charge in [0.2, 0.25) is 0 Å². The minimum absolute atomic E-state index is 0.0341. The Morgan fingerprint density at radius 3 is 2.50 bits per heavy atom. The van der Waals surface area contributed by atoms with Crippen LogP contribution in [0.2, 0.25) is 0 Å². The Morgan fingerprint density at radius 1 is 1.00 bits per heavy atom. The summed E-state index contributed by atoms with van der Waals surface area (Å²) in [5.41, 5.74) is -0.978. The Bertz CT molecular complexity index is 1190. The lowest BCUT2D eigenvalue weighted by atomic mass is 9.98. The molecule has 0 bridgehead atoms. The van der Waals surface area contributed by atoms with E-state index in [1.165, 1.54) is 24.5 Å². The normalized spacial score (nSPS) is 15.5. The monoisotopic (exact) mass is 444 g/mol. The Kier molecular flexibility index (Phi) is 5.43. The maximum absolute atomic E-state index is 13.6. The molecule has 1 unspecified atom stereocenters. The van der Waals surface area contributed by atoms with Crippen LogP contribution < -0.4 is 10.6 Å². The Morgan fingerprint density at radius 2 is 1.78 bits per heavy atom. The van der Waals surface area contributed by atoms with Crippen molar-refractivity contribution in [3.05, 3.63) is 83.3 Å². The largest absolute Gasteiger partial charge is 0.459 e. The third kappa shape index (κ3) is 4.34. The number of benzene rings is 2. The van der Waals surface area contributed by atoms with E-state index in [0.717, 1.165) is 6.07 Å². The molecule has 10 heteroatoms. The average Bonchev–Trinajstić information content (AvgIpc) is 3.29. The van der Waals surface area contributed by atoms with Gasteiger partial charge in [-0.2, -0.15) is 13.2 Å². The van der Waals surface area contributed by atoms with E-state index >= 15 is 0 Å². The van der Waals surface area contributed by atoms with E-state index in [2.05, 4.69) is 10.6 Å². The van der Waals surface area contributed by atoms with Crippen LogP contribution in [0, 0.1) is 0 Å². The lowest BCUT2D eigenvalue weighted by Gasteiger charge is -2.24. The summed E-state index contributed by atoms with van der Waals surface area (Å²) in [7, 11) is 0. The Hall–Kier alpha value is -4.08. The highest BCUT2D eigenvalue weighted by Crippen LogP contribution is 2.37. The fourth-order valence-corrected chi connectivity index (χ4v) is 3.26. The maximum atomic E-state index is 13.6. The molecule has 2 amide bonds. The molecular weight excluding hydrogens is 429 g/mol. The zero-order chi connectivity index (χ0) is 22.9. The summed E-state index contributed by atoms with van der Waals surface area (Å²) < 4.78 is 50.9. The van der Waals surface area contributed by atoms with Crippen LogP contribution >= 0.6 is 0 Å². The maximum Gasteiger partial charge on any atom is 0.418 e. The number of cyclic esters (lactones) is 1. The van der Waals surface area contributed by atoms with Crippen molar-refractivity contribution >= 4 is 29.2 Å². The van der Waals surface area contributed by atoms with E-state index in [1.54, 1.807) is 24.3 Å². The minimum Gasteiger partial charge on any atom is -0.459 e. The first-order valence-electron chi connectivity index (χ1n) is 9.38. The first-order chi connectivity index (χ1) is 15.2. The predicted octanol–water partition coefficient (Wildman–Crippen LogP) is 4.27. The number of hydrogen-bond donors (Lipinski definition) is 2. The van der Waals surface area contributed by atoms with E-state index in [9.17, 15) is 27.6 Å². The molecule has 1 aliphatic rings. The number of carbonyl (C=O) groups excluding carboxylic acids is 3. The predicted molar refractivity (Wildman–Crippen MR) is 106 cm³/mol. The average molecular weight is 444 g/mol. The van der Waals surface area contributed by atoms with E-state index in [4.69, 9.17) is 9.15 Å². The zero-order valence-corrected chi connectivity index (χ0v) is 16.2. The fourth-order valence-electron chi connectivity index (χ4n) is 3.26. The number of ether oxygens (including phenoxy) is 1. The highest BCUT2D eigenvalue weighted by molar-refractivity contribution is 6.03. The Balaban J connectivity index is 1.55. The van der Waals surface area contributed by atoms with E-state index in [-0.39, 0.29) is 17.9 Å². The van der Waals surface area contributed by atoms with Crippen LogP contribution in [0.4, 0.5) is 24.5 Å². The molecule has 4 rings (SSSR count). The summed E-state index contributed by atoms with van der Waals surface area (Å²) in [6, 6.07) is 12.2. The second-order valence-electron chi connectivity index (χ2n) is 6.93. The molecule has 0 radical (unpaired) electrons. The molecule has 2 aromatic carbocycles. The molecule has 2 N–H and O–H groups in total. The molecule has 7 nitrogen and oxygen atoms in total. The summed E-state index contributed by atoms with van der Waals surface area (Å²) >= 11 is 0. The summed E-state index contributed by atoms with van der Waals surface area (Å²) in [4.78, 5) is 36.7. The van der Waals surface area contributed by atoms with Crippen LogP contribution in [0.15, 0.2) is 65.3 Å². The zero-order valence-electron chi connectivity index (χ0n) is 16.2. The standard InChI is InChI=1S/C22H15F3N2O5/c23-22(24,25)15-11-13(26-19(28)17-6-3-9-31-17)7-8-16(15)27-20(29)18-10-12-4-1-2-5-14(12)21(30)32-18/h1-9,11,18H,10H2,(H,26,28)(H,27,29). The molecule has 164 valence electrons. The van der Waals surface area contributed by atoms with Crippen LogP contribution in [0.25, 0.3) is 0 Å². The van der Waals surface area contributed by atoms with Gasteiger partial charge in [0, 0.05) is 12.1 Å². The van der Waals surface area contributed by atoms with Gasteiger partial charge in [-0.1, -0.05) is 18.2 Å². The second-order valence-corrected chi connectivity index (χ2v) is 6.93.